The van der Waals surface area contributed by atoms with Crippen molar-refractivity contribution in [1.82, 2.24) is 19.6 Å². The van der Waals surface area contributed by atoms with Crippen LogP contribution in [-0.2, 0) is 0 Å². The number of aromatic nitrogens is 4. The van der Waals surface area contributed by atoms with Gasteiger partial charge in [-0.1, -0.05) is 35.9 Å². The number of para-hydroxylation sites is 2. The highest BCUT2D eigenvalue weighted by atomic mass is 15.3. The lowest BCUT2D eigenvalue weighted by molar-refractivity contribution is 1.01. The van der Waals surface area contributed by atoms with E-state index in [1.165, 1.54) is 5.56 Å². The van der Waals surface area contributed by atoms with Gasteiger partial charge in [-0.3, -0.25) is 5.10 Å². The van der Waals surface area contributed by atoms with Crippen LogP contribution in [0.3, 0.4) is 0 Å². The first-order valence-electron chi connectivity index (χ1n) is 6.21. The fraction of sp³-hybridized carbons (Fsp3) is 0.0667. The van der Waals surface area contributed by atoms with Crippen LogP contribution in [0.15, 0.2) is 48.5 Å². The molecule has 19 heavy (non-hydrogen) atoms. The summed E-state index contributed by atoms with van der Waals surface area (Å²) in [5.74, 6) is 1.55. The topological polar surface area (TPSA) is 46.0 Å². The predicted octanol–water partition coefficient (Wildman–Crippen LogP) is 3.19. The quantitative estimate of drug-likeness (QED) is 0.562. The van der Waals surface area contributed by atoms with Crippen molar-refractivity contribution in [2.45, 2.75) is 6.92 Å². The van der Waals surface area contributed by atoms with Gasteiger partial charge in [-0.15, -0.1) is 0 Å². The zero-order valence-corrected chi connectivity index (χ0v) is 10.5. The molecule has 0 aliphatic carbocycles. The summed E-state index contributed by atoms with van der Waals surface area (Å²) < 4.78 is 1.92. The van der Waals surface area contributed by atoms with Crippen molar-refractivity contribution < 1.29 is 0 Å². The fourth-order valence-corrected chi connectivity index (χ4v) is 2.35. The molecule has 0 spiro atoms. The lowest BCUT2D eigenvalue weighted by Gasteiger charge is -1.97. The van der Waals surface area contributed by atoms with Crippen molar-refractivity contribution >= 4 is 16.8 Å². The van der Waals surface area contributed by atoms with Crippen molar-refractivity contribution in [3.05, 3.63) is 54.1 Å². The van der Waals surface area contributed by atoms with Crippen LogP contribution in [0.2, 0.25) is 0 Å². The van der Waals surface area contributed by atoms with Gasteiger partial charge in [-0.25, -0.2) is 9.50 Å². The molecular weight excluding hydrogens is 236 g/mol. The first-order valence-corrected chi connectivity index (χ1v) is 6.21. The van der Waals surface area contributed by atoms with Gasteiger partial charge in [-0.05, 0) is 25.1 Å². The summed E-state index contributed by atoms with van der Waals surface area (Å²) in [7, 11) is 0. The van der Waals surface area contributed by atoms with Gasteiger partial charge in [0.15, 0.2) is 5.82 Å². The Morgan fingerprint density at radius 2 is 1.89 bits per heavy atom. The summed E-state index contributed by atoms with van der Waals surface area (Å²) in [5.41, 5.74) is 4.30. The fourth-order valence-electron chi connectivity index (χ4n) is 2.35. The number of imidazole rings is 1. The molecule has 4 heteroatoms. The van der Waals surface area contributed by atoms with E-state index in [4.69, 9.17) is 0 Å². The standard InChI is InChI=1S/C15H12N4/c1-10-5-4-6-11(9-10)14-17-15-16-12-7-2-3-8-13(12)19(15)18-14/h2-9H,1H3,(H,16,17,18). The molecule has 92 valence electrons. The number of nitrogens with one attached hydrogen (secondary N) is 1. The van der Waals surface area contributed by atoms with Crippen LogP contribution in [0.1, 0.15) is 5.56 Å². The van der Waals surface area contributed by atoms with Crippen LogP contribution in [0, 0.1) is 6.92 Å². The second-order valence-corrected chi connectivity index (χ2v) is 4.68. The molecule has 2 aromatic heterocycles. The van der Waals surface area contributed by atoms with E-state index in [0.29, 0.717) is 5.78 Å². The minimum atomic E-state index is 0.706. The number of nitrogens with zero attached hydrogens (tertiary/aromatic N) is 3. The Kier molecular flexibility index (Phi) is 2.00. The van der Waals surface area contributed by atoms with Gasteiger partial charge in [-0.2, -0.15) is 4.98 Å². The predicted molar refractivity (Wildman–Crippen MR) is 75.0 cm³/mol. The maximum absolute atomic E-state index is 4.56. The van der Waals surface area contributed by atoms with Gasteiger partial charge in [0.2, 0.25) is 0 Å². The Labute approximate surface area is 109 Å². The van der Waals surface area contributed by atoms with Gasteiger partial charge in [0, 0.05) is 5.56 Å². The van der Waals surface area contributed by atoms with Crippen molar-refractivity contribution in [3.8, 4) is 11.4 Å². The molecule has 4 rings (SSSR count). The molecule has 2 aromatic carbocycles. The average Bonchev–Trinajstić information content (AvgIpc) is 2.96. The van der Waals surface area contributed by atoms with E-state index in [9.17, 15) is 0 Å². The number of fused-ring (bicyclic) bond motifs is 3. The zero-order valence-electron chi connectivity index (χ0n) is 10.5. The van der Waals surface area contributed by atoms with Crippen LogP contribution in [0.5, 0.6) is 0 Å². The molecule has 4 aromatic rings. The second-order valence-electron chi connectivity index (χ2n) is 4.68. The first-order chi connectivity index (χ1) is 9.31. The first kappa shape index (κ1) is 10.3. The van der Waals surface area contributed by atoms with Crippen LogP contribution in [-0.4, -0.2) is 19.6 Å². The summed E-state index contributed by atoms with van der Waals surface area (Å²) in [5, 5.41) is 3.31. The minimum Gasteiger partial charge on any atom is -0.274 e. The van der Waals surface area contributed by atoms with Crippen molar-refractivity contribution in [1.29, 1.82) is 0 Å². The lowest BCUT2D eigenvalue weighted by Crippen LogP contribution is -1.85. The van der Waals surface area contributed by atoms with Crippen LogP contribution in [0.4, 0.5) is 0 Å². The van der Waals surface area contributed by atoms with Crippen molar-refractivity contribution in [2.75, 3.05) is 0 Å². The number of rotatable bonds is 1. The monoisotopic (exact) mass is 248 g/mol. The Balaban J connectivity index is 1.97. The Bertz CT molecular complexity index is 885. The minimum absolute atomic E-state index is 0.706. The number of benzene rings is 2. The molecule has 0 aliphatic heterocycles. The lowest BCUT2D eigenvalue weighted by atomic mass is 10.1. The highest BCUT2D eigenvalue weighted by Crippen LogP contribution is 2.20. The molecule has 0 unspecified atom stereocenters. The normalized spacial score (nSPS) is 11.4. The third-order valence-corrected chi connectivity index (χ3v) is 3.26. The molecule has 2 heterocycles. The number of aromatic amines is 1. The molecule has 4 nitrogen and oxygen atoms in total. The van der Waals surface area contributed by atoms with E-state index in [1.54, 1.807) is 0 Å². The van der Waals surface area contributed by atoms with Crippen LogP contribution >= 0.6 is 0 Å². The largest absolute Gasteiger partial charge is 0.274 e. The molecule has 0 aliphatic rings. The number of hydrogen-bond donors (Lipinski definition) is 1. The van der Waals surface area contributed by atoms with Crippen LogP contribution in [0.25, 0.3) is 28.2 Å². The highest BCUT2D eigenvalue weighted by molar-refractivity contribution is 5.79. The van der Waals surface area contributed by atoms with E-state index < -0.39 is 0 Å². The van der Waals surface area contributed by atoms with Crippen molar-refractivity contribution in [2.24, 2.45) is 0 Å². The molecule has 0 bridgehead atoms. The summed E-state index contributed by atoms with van der Waals surface area (Å²) in [4.78, 5) is 9.06. The van der Waals surface area contributed by atoms with Gasteiger partial charge < -0.3 is 0 Å². The van der Waals surface area contributed by atoms with E-state index in [1.807, 2.05) is 40.9 Å². The summed E-state index contributed by atoms with van der Waals surface area (Å²) in [6.07, 6.45) is 0. The molecule has 0 radical (unpaired) electrons. The smallest absolute Gasteiger partial charge is 0.252 e. The van der Waals surface area contributed by atoms with E-state index in [0.717, 1.165) is 22.4 Å². The molecule has 0 saturated carbocycles. The van der Waals surface area contributed by atoms with Gasteiger partial charge in [0.1, 0.15) is 0 Å². The van der Waals surface area contributed by atoms with E-state index in [2.05, 4.69) is 34.1 Å². The van der Waals surface area contributed by atoms with Gasteiger partial charge in [0.25, 0.3) is 5.78 Å². The molecule has 0 atom stereocenters. The SMILES string of the molecule is Cc1cccc(-c2nc3nc4ccccc4n3[nH]2)c1. The molecule has 0 fully saturated rings. The van der Waals surface area contributed by atoms with Gasteiger partial charge >= 0.3 is 0 Å². The maximum atomic E-state index is 4.56. The second kappa shape index (κ2) is 3.68. The summed E-state index contributed by atoms with van der Waals surface area (Å²) >= 11 is 0. The molecule has 0 amide bonds. The average molecular weight is 248 g/mol. The third-order valence-electron chi connectivity index (χ3n) is 3.26. The summed E-state index contributed by atoms with van der Waals surface area (Å²) in [6.45, 7) is 2.08. The van der Waals surface area contributed by atoms with Crippen LogP contribution < -0.4 is 0 Å². The van der Waals surface area contributed by atoms with Gasteiger partial charge in [0.05, 0.1) is 11.0 Å². The number of H-pyrrole nitrogens is 1. The number of aryl methyl sites for hydroxylation is 1. The highest BCUT2D eigenvalue weighted by Gasteiger charge is 2.10. The Morgan fingerprint density at radius 3 is 2.79 bits per heavy atom. The van der Waals surface area contributed by atoms with Crippen molar-refractivity contribution in [3.63, 3.8) is 0 Å². The summed E-state index contributed by atoms with van der Waals surface area (Å²) in [6, 6.07) is 16.3. The third kappa shape index (κ3) is 1.53. The zero-order chi connectivity index (χ0) is 12.8. The Morgan fingerprint density at radius 1 is 1.00 bits per heavy atom. The molecule has 1 N–H and O–H groups in total. The number of hydrogen-bond acceptors (Lipinski definition) is 2. The Hall–Kier alpha value is -2.62. The van der Waals surface area contributed by atoms with E-state index >= 15 is 0 Å². The van der Waals surface area contributed by atoms with E-state index in [-0.39, 0.29) is 0 Å². The molecule has 0 saturated heterocycles. The maximum Gasteiger partial charge on any atom is 0.252 e. The molecular formula is C15H12N4.